The van der Waals surface area contributed by atoms with Gasteiger partial charge in [0.05, 0.1) is 30.1 Å². The Morgan fingerprint density at radius 3 is 2.56 bits per heavy atom. The zero-order chi connectivity index (χ0) is 12.5. The molecular weight excluding hydrogens is 228 g/mol. The third kappa shape index (κ3) is 1.73. The minimum absolute atomic E-state index is 0.565. The molecule has 1 aliphatic heterocycles. The van der Waals surface area contributed by atoms with Crippen molar-refractivity contribution in [3.63, 3.8) is 0 Å². The van der Waals surface area contributed by atoms with E-state index >= 15 is 0 Å². The van der Waals surface area contributed by atoms with Crippen LogP contribution >= 0.6 is 0 Å². The Bertz CT molecular complexity index is 578. The van der Waals surface area contributed by atoms with Crippen LogP contribution in [0.25, 0.3) is 10.9 Å². The number of nitrogens with two attached hydrogens (primary N) is 2. The largest absolute Gasteiger partial charge is 0.396 e. The van der Waals surface area contributed by atoms with Crippen LogP contribution in [-0.2, 0) is 4.74 Å². The summed E-state index contributed by atoms with van der Waals surface area (Å²) in [5.74, 6) is 0.773. The Hall–Kier alpha value is -2.01. The van der Waals surface area contributed by atoms with Crippen molar-refractivity contribution in [3.8, 4) is 0 Å². The van der Waals surface area contributed by atoms with Gasteiger partial charge in [-0.05, 0) is 6.07 Å². The molecule has 5 heteroatoms. The third-order valence-corrected chi connectivity index (χ3v) is 3.26. The van der Waals surface area contributed by atoms with Crippen molar-refractivity contribution in [2.75, 3.05) is 42.7 Å². The maximum Gasteiger partial charge on any atom is 0.154 e. The summed E-state index contributed by atoms with van der Waals surface area (Å²) in [6, 6.07) is 7.79. The van der Waals surface area contributed by atoms with E-state index in [0.29, 0.717) is 24.6 Å². The number of nitrogen functional groups attached to an aromatic ring is 2. The maximum atomic E-state index is 6.11. The molecule has 94 valence electrons. The molecule has 0 saturated carbocycles. The van der Waals surface area contributed by atoms with Crippen LogP contribution in [0.5, 0.6) is 0 Å². The number of aromatic nitrogens is 1. The van der Waals surface area contributed by atoms with Gasteiger partial charge in [-0.3, -0.25) is 0 Å². The number of fused-ring (bicyclic) bond motifs is 1. The number of hydrogen-bond acceptors (Lipinski definition) is 5. The number of ether oxygens (including phenoxy) is 1. The van der Waals surface area contributed by atoms with Gasteiger partial charge in [-0.25, -0.2) is 4.98 Å². The first kappa shape index (κ1) is 11.1. The Labute approximate surface area is 105 Å². The molecule has 2 heterocycles. The molecule has 1 saturated heterocycles. The van der Waals surface area contributed by atoms with E-state index in [9.17, 15) is 0 Å². The van der Waals surface area contributed by atoms with Gasteiger partial charge in [0.2, 0.25) is 0 Å². The maximum absolute atomic E-state index is 6.11. The van der Waals surface area contributed by atoms with Gasteiger partial charge < -0.3 is 21.1 Å². The van der Waals surface area contributed by atoms with Gasteiger partial charge in [-0.15, -0.1) is 0 Å². The van der Waals surface area contributed by atoms with Crippen LogP contribution < -0.4 is 16.4 Å². The van der Waals surface area contributed by atoms with E-state index in [1.807, 2.05) is 24.3 Å². The second-order valence-electron chi connectivity index (χ2n) is 4.38. The molecule has 0 amide bonds. The minimum Gasteiger partial charge on any atom is -0.396 e. The smallest absolute Gasteiger partial charge is 0.154 e. The van der Waals surface area contributed by atoms with Crippen molar-refractivity contribution >= 4 is 28.1 Å². The van der Waals surface area contributed by atoms with Crippen molar-refractivity contribution in [1.82, 2.24) is 4.98 Å². The third-order valence-electron chi connectivity index (χ3n) is 3.26. The van der Waals surface area contributed by atoms with E-state index in [2.05, 4.69) is 9.88 Å². The number of anilines is 3. The molecule has 4 N–H and O–H groups in total. The van der Waals surface area contributed by atoms with Gasteiger partial charge in [-0.1, -0.05) is 18.2 Å². The van der Waals surface area contributed by atoms with Crippen LogP contribution in [0.3, 0.4) is 0 Å². The molecule has 2 aromatic rings. The second kappa shape index (κ2) is 4.34. The molecular formula is C13H16N4O. The highest BCUT2D eigenvalue weighted by atomic mass is 16.5. The van der Waals surface area contributed by atoms with Crippen LogP contribution in [0.2, 0.25) is 0 Å². The first-order valence-electron chi connectivity index (χ1n) is 6.04. The molecule has 0 spiro atoms. The average molecular weight is 244 g/mol. The summed E-state index contributed by atoms with van der Waals surface area (Å²) in [5.41, 5.74) is 14.3. The lowest BCUT2D eigenvalue weighted by molar-refractivity contribution is 0.122. The van der Waals surface area contributed by atoms with Crippen LogP contribution in [-0.4, -0.2) is 31.3 Å². The lowest BCUT2D eigenvalue weighted by Gasteiger charge is -2.29. The van der Waals surface area contributed by atoms with E-state index < -0.39 is 0 Å². The SMILES string of the molecule is Nc1c(N2CCOCC2)nc2ccccc2c1N. The molecule has 0 radical (unpaired) electrons. The number of rotatable bonds is 1. The fraction of sp³-hybridized carbons (Fsp3) is 0.308. The summed E-state index contributed by atoms with van der Waals surface area (Å²) in [6.07, 6.45) is 0. The fourth-order valence-corrected chi connectivity index (χ4v) is 2.25. The Morgan fingerprint density at radius 1 is 1.06 bits per heavy atom. The molecule has 0 aliphatic carbocycles. The summed E-state index contributed by atoms with van der Waals surface area (Å²) in [5, 5.41) is 0.909. The molecule has 0 bridgehead atoms. The summed E-state index contributed by atoms with van der Waals surface area (Å²) < 4.78 is 5.34. The second-order valence-corrected chi connectivity index (χ2v) is 4.38. The molecule has 1 aliphatic rings. The molecule has 0 unspecified atom stereocenters. The molecule has 1 fully saturated rings. The van der Waals surface area contributed by atoms with Gasteiger partial charge in [0.15, 0.2) is 5.82 Å². The van der Waals surface area contributed by atoms with Crippen molar-refractivity contribution in [1.29, 1.82) is 0 Å². The predicted molar refractivity (Wildman–Crippen MR) is 73.6 cm³/mol. The van der Waals surface area contributed by atoms with Crippen LogP contribution in [0, 0.1) is 0 Å². The van der Waals surface area contributed by atoms with E-state index in [0.717, 1.165) is 29.8 Å². The fourth-order valence-electron chi connectivity index (χ4n) is 2.25. The summed E-state index contributed by atoms with van der Waals surface area (Å²) in [4.78, 5) is 6.75. The van der Waals surface area contributed by atoms with Crippen LogP contribution in [0.1, 0.15) is 0 Å². The summed E-state index contributed by atoms with van der Waals surface area (Å²) >= 11 is 0. The first-order chi connectivity index (χ1) is 8.77. The number of benzene rings is 1. The van der Waals surface area contributed by atoms with Crippen molar-refractivity contribution < 1.29 is 4.74 Å². The van der Waals surface area contributed by atoms with E-state index in [-0.39, 0.29) is 0 Å². The van der Waals surface area contributed by atoms with E-state index in [1.54, 1.807) is 0 Å². The van der Waals surface area contributed by atoms with E-state index in [4.69, 9.17) is 16.2 Å². The van der Waals surface area contributed by atoms with Crippen LogP contribution in [0.15, 0.2) is 24.3 Å². The quantitative estimate of drug-likeness (QED) is 0.789. The standard InChI is InChI=1S/C13H16N4O/c14-11-9-3-1-2-4-10(9)16-13(12(11)15)17-5-7-18-8-6-17/h1-4H,5-8,15H2,(H2,14,16). The molecule has 1 aromatic heterocycles. The topological polar surface area (TPSA) is 77.4 Å². The van der Waals surface area contributed by atoms with E-state index in [1.165, 1.54) is 0 Å². The number of pyridine rings is 1. The normalized spacial score (nSPS) is 16.1. The number of para-hydroxylation sites is 1. The molecule has 0 atom stereocenters. The summed E-state index contributed by atoms with van der Waals surface area (Å²) in [6.45, 7) is 3.01. The highest BCUT2D eigenvalue weighted by Crippen LogP contribution is 2.33. The average Bonchev–Trinajstić information content (AvgIpc) is 2.44. The molecule has 1 aromatic carbocycles. The molecule has 5 nitrogen and oxygen atoms in total. The number of nitrogens with zero attached hydrogens (tertiary/aromatic N) is 2. The monoisotopic (exact) mass is 244 g/mol. The predicted octanol–water partition coefficient (Wildman–Crippen LogP) is 1.24. The first-order valence-corrected chi connectivity index (χ1v) is 6.04. The molecule has 18 heavy (non-hydrogen) atoms. The lowest BCUT2D eigenvalue weighted by Crippen LogP contribution is -2.37. The number of hydrogen-bond donors (Lipinski definition) is 2. The Morgan fingerprint density at radius 2 is 1.78 bits per heavy atom. The molecule has 3 rings (SSSR count). The van der Waals surface area contributed by atoms with Gasteiger partial charge in [0, 0.05) is 18.5 Å². The lowest BCUT2D eigenvalue weighted by atomic mass is 10.1. The van der Waals surface area contributed by atoms with Gasteiger partial charge >= 0.3 is 0 Å². The van der Waals surface area contributed by atoms with Crippen molar-refractivity contribution in [2.24, 2.45) is 0 Å². The zero-order valence-corrected chi connectivity index (χ0v) is 10.1. The Kier molecular flexibility index (Phi) is 2.68. The van der Waals surface area contributed by atoms with Gasteiger partial charge in [0.1, 0.15) is 0 Å². The van der Waals surface area contributed by atoms with Gasteiger partial charge in [-0.2, -0.15) is 0 Å². The highest BCUT2D eigenvalue weighted by molar-refractivity contribution is 5.99. The Balaban J connectivity index is 2.14. The van der Waals surface area contributed by atoms with Crippen molar-refractivity contribution in [2.45, 2.75) is 0 Å². The summed E-state index contributed by atoms with van der Waals surface area (Å²) in [7, 11) is 0. The zero-order valence-electron chi connectivity index (χ0n) is 10.1. The van der Waals surface area contributed by atoms with Gasteiger partial charge in [0.25, 0.3) is 0 Å². The highest BCUT2D eigenvalue weighted by Gasteiger charge is 2.18. The van der Waals surface area contributed by atoms with Crippen molar-refractivity contribution in [3.05, 3.63) is 24.3 Å². The van der Waals surface area contributed by atoms with Crippen LogP contribution in [0.4, 0.5) is 17.2 Å². The number of morpholine rings is 1. The minimum atomic E-state index is 0.565.